The van der Waals surface area contributed by atoms with E-state index in [-0.39, 0.29) is 0 Å². The molecule has 0 amide bonds. The largest absolute Gasteiger partial charge is 0.463 e. The molecule has 2 aromatic rings. The minimum Gasteiger partial charge on any atom is -0.463 e. The minimum absolute atomic E-state index is 0.684. The van der Waals surface area contributed by atoms with Crippen molar-refractivity contribution in [2.24, 2.45) is 4.99 Å². The molecule has 1 aliphatic rings. The van der Waals surface area contributed by atoms with Gasteiger partial charge < -0.3 is 4.74 Å². The second kappa shape index (κ2) is 4.33. The van der Waals surface area contributed by atoms with Gasteiger partial charge in [0.25, 0.3) is 6.02 Å². The molecule has 0 N–H and O–H groups in total. The third kappa shape index (κ3) is 1.72. The molecular formula is C15H16N2O. The molecular weight excluding hydrogens is 224 g/mol. The van der Waals surface area contributed by atoms with Crippen LogP contribution in [0.5, 0.6) is 0 Å². The smallest absolute Gasteiger partial charge is 0.291 e. The van der Waals surface area contributed by atoms with E-state index in [1.165, 1.54) is 16.3 Å². The van der Waals surface area contributed by atoms with Crippen LogP contribution in [0.15, 0.2) is 41.4 Å². The van der Waals surface area contributed by atoms with Crippen molar-refractivity contribution in [1.82, 2.24) is 0 Å². The Balaban J connectivity index is 2.14. The fourth-order valence-corrected chi connectivity index (χ4v) is 2.36. The number of ether oxygens (including phenoxy) is 1. The van der Waals surface area contributed by atoms with Crippen LogP contribution in [-0.2, 0) is 4.74 Å². The first-order valence-corrected chi connectivity index (χ1v) is 6.17. The van der Waals surface area contributed by atoms with E-state index in [1.54, 1.807) is 0 Å². The van der Waals surface area contributed by atoms with Gasteiger partial charge in [0.15, 0.2) is 0 Å². The van der Waals surface area contributed by atoms with Crippen molar-refractivity contribution < 1.29 is 4.74 Å². The number of hydrogen-bond donors (Lipinski definition) is 0. The van der Waals surface area contributed by atoms with Gasteiger partial charge in [-0.25, -0.2) is 4.99 Å². The maximum absolute atomic E-state index is 5.52. The average Bonchev–Trinajstić information content (AvgIpc) is 2.93. The molecule has 0 unspecified atom stereocenters. The predicted octanol–water partition coefficient (Wildman–Crippen LogP) is 2.97. The molecule has 0 saturated heterocycles. The van der Waals surface area contributed by atoms with Gasteiger partial charge in [-0.05, 0) is 23.9 Å². The Kier molecular flexibility index (Phi) is 2.67. The van der Waals surface area contributed by atoms with Crippen LogP contribution in [0.2, 0.25) is 0 Å². The zero-order valence-corrected chi connectivity index (χ0v) is 10.7. The maximum atomic E-state index is 5.52. The Morgan fingerprint density at radius 2 is 1.89 bits per heavy atom. The lowest BCUT2D eigenvalue weighted by molar-refractivity contribution is 0.340. The predicted molar refractivity (Wildman–Crippen MR) is 75.3 cm³/mol. The van der Waals surface area contributed by atoms with E-state index in [2.05, 4.69) is 48.3 Å². The number of anilines is 1. The number of aliphatic imine (C=N–C) groups is 1. The van der Waals surface area contributed by atoms with Crippen molar-refractivity contribution in [1.29, 1.82) is 0 Å². The fraction of sp³-hybridized carbons (Fsp3) is 0.267. The van der Waals surface area contributed by atoms with Crippen molar-refractivity contribution in [2.75, 3.05) is 25.1 Å². The molecule has 0 spiro atoms. The highest BCUT2D eigenvalue weighted by molar-refractivity contribution is 6.04. The lowest BCUT2D eigenvalue weighted by atomic mass is 10.0. The number of hydrogen-bond acceptors (Lipinski definition) is 3. The molecule has 3 nitrogen and oxygen atoms in total. The quantitative estimate of drug-likeness (QED) is 0.765. The van der Waals surface area contributed by atoms with Gasteiger partial charge in [0, 0.05) is 12.4 Å². The van der Waals surface area contributed by atoms with Gasteiger partial charge in [0.2, 0.25) is 0 Å². The summed E-state index contributed by atoms with van der Waals surface area (Å²) in [7, 11) is 2.00. The Bertz CT molecular complexity index is 619. The van der Waals surface area contributed by atoms with E-state index in [1.807, 2.05) is 11.9 Å². The van der Waals surface area contributed by atoms with E-state index < -0.39 is 0 Å². The molecule has 1 aliphatic heterocycles. The summed E-state index contributed by atoms with van der Waals surface area (Å²) in [5, 5.41) is 2.51. The van der Waals surface area contributed by atoms with Gasteiger partial charge in [-0.1, -0.05) is 30.3 Å². The summed E-state index contributed by atoms with van der Waals surface area (Å²) in [5.41, 5.74) is 2.42. The van der Waals surface area contributed by atoms with Gasteiger partial charge in [0.1, 0.15) is 6.61 Å². The molecule has 0 radical (unpaired) electrons. The first-order chi connectivity index (χ1) is 8.77. The molecule has 0 saturated carbocycles. The van der Waals surface area contributed by atoms with Crippen molar-refractivity contribution in [3.05, 3.63) is 42.0 Å². The van der Waals surface area contributed by atoms with Crippen LogP contribution in [0, 0.1) is 6.92 Å². The van der Waals surface area contributed by atoms with Crippen molar-refractivity contribution >= 4 is 22.5 Å². The summed E-state index contributed by atoms with van der Waals surface area (Å²) >= 11 is 0. The zero-order chi connectivity index (χ0) is 12.5. The third-order valence-corrected chi connectivity index (χ3v) is 3.34. The van der Waals surface area contributed by atoms with Crippen molar-refractivity contribution in [2.45, 2.75) is 6.92 Å². The third-order valence-electron chi connectivity index (χ3n) is 3.34. The molecule has 0 aliphatic carbocycles. The number of rotatable bonds is 1. The summed E-state index contributed by atoms with van der Waals surface area (Å²) in [4.78, 5) is 6.38. The molecule has 0 atom stereocenters. The fourth-order valence-electron chi connectivity index (χ4n) is 2.36. The summed E-state index contributed by atoms with van der Waals surface area (Å²) < 4.78 is 5.52. The first-order valence-electron chi connectivity index (χ1n) is 6.17. The van der Waals surface area contributed by atoms with Gasteiger partial charge in [-0.15, -0.1) is 0 Å². The monoisotopic (exact) mass is 240 g/mol. The van der Waals surface area contributed by atoms with Crippen molar-refractivity contribution in [3.63, 3.8) is 0 Å². The molecule has 0 bridgehead atoms. The molecule has 92 valence electrons. The van der Waals surface area contributed by atoms with E-state index in [0.717, 1.165) is 12.2 Å². The molecule has 0 aromatic heterocycles. The standard InChI is InChI=1S/C15H16N2O/c1-11-7-8-14(13-6-4-3-5-12(11)13)17(2)15-16-9-10-18-15/h3-8H,9-10H2,1-2H3. The number of fused-ring (bicyclic) bond motifs is 1. The highest BCUT2D eigenvalue weighted by atomic mass is 16.5. The molecule has 2 aromatic carbocycles. The molecule has 18 heavy (non-hydrogen) atoms. The Hall–Kier alpha value is -2.03. The number of benzene rings is 2. The minimum atomic E-state index is 0.684. The van der Waals surface area contributed by atoms with E-state index >= 15 is 0 Å². The molecule has 3 rings (SSSR count). The Morgan fingerprint density at radius 1 is 1.11 bits per heavy atom. The summed E-state index contributed by atoms with van der Waals surface area (Å²) in [6.07, 6.45) is 0. The normalized spacial score (nSPS) is 14.4. The van der Waals surface area contributed by atoms with Crippen molar-refractivity contribution in [3.8, 4) is 0 Å². The van der Waals surface area contributed by atoms with Crippen LogP contribution in [0.1, 0.15) is 5.56 Å². The van der Waals surface area contributed by atoms with Gasteiger partial charge in [0.05, 0.1) is 12.2 Å². The number of nitrogens with zero attached hydrogens (tertiary/aromatic N) is 2. The van der Waals surface area contributed by atoms with E-state index in [9.17, 15) is 0 Å². The number of amidine groups is 1. The highest BCUT2D eigenvalue weighted by Crippen LogP contribution is 2.29. The van der Waals surface area contributed by atoms with Crippen LogP contribution in [0.25, 0.3) is 10.8 Å². The lowest BCUT2D eigenvalue weighted by Crippen LogP contribution is -2.26. The van der Waals surface area contributed by atoms with Crippen LogP contribution in [0.4, 0.5) is 5.69 Å². The summed E-state index contributed by atoms with van der Waals surface area (Å²) in [6.45, 7) is 3.57. The molecule has 3 heteroatoms. The van der Waals surface area contributed by atoms with E-state index in [0.29, 0.717) is 12.6 Å². The lowest BCUT2D eigenvalue weighted by Gasteiger charge is -2.20. The molecule has 0 fully saturated rings. The Labute approximate surface area is 107 Å². The zero-order valence-electron chi connectivity index (χ0n) is 10.7. The summed E-state index contributed by atoms with van der Waals surface area (Å²) in [6, 6.07) is 13.4. The second-order valence-electron chi connectivity index (χ2n) is 4.52. The highest BCUT2D eigenvalue weighted by Gasteiger charge is 2.16. The number of aryl methyl sites for hydroxylation is 1. The first kappa shape index (κ1) is 11.1. The Morgan fingerprint density at radius 3 is 2.61 bits per heavy atom. The molecule has 1 heterocycles. The topological polar surface area (TPSA) is 24.8 Å². The summed E-state index contributed by atoms with van der Waals surface area (Å²) in [5.74, 6) is 0. The van der Waals surface area contributed by atoms with Crippen LogP contribution < -0.4 is 4.90 Å². The SMILES string of the molecule is Cc1ccc(N(C)C2=NCCO2)c2ccccc12. The van der Waals surface area contributed by atoms with Gasteiger partial charge in [-0.3, -0.25) is 4.90 Å². The van der Waals surface area contributed by atoms with Crippen LogP contribution >= 0.6 is 0 Å². The second-order valence-corrected chi connectivity index (χ2v) is 4.52. The van der Waals surface area contributed by atoms with Gasteiger partial charge in [-0.2, -0.15) is 0 Å². The van der Waals surface area contributed by atoms with Gasteiger partial charge >= 0.3 is 0 Å². The van der Waals surface area contributed by atoms with Crippen LogP contribution in [0.3, 0.4) is 0 Å². The van der Waals surface area contributed by atoms with Crippen LogP contribution in [-0.4, -0.2) is 26.2 Å². The maximum Gasteiger partial charge on any atom is 0.291 e. The van der Waals surface area contributed by atoms with E-state index in [4.69, 9.17) is 4.74 Å². The average molecular weight is 240 g/mol.